The Hall–Kier alpha value is -3.85. The van der Waals surface area contributed by atoms with Crippen molar-refractivity contribution in [3.63, 3.8) is 0 Å². The summed E-state index contributed by atoms with van der Waals surface area (Å²) in [7, 11) is -4.29. The third kappa shape index (κ3) is 8.20. The Kier molecular flexibility index (Phi) is 11.1. The number of benzene rings is 4. The molecule has 0 heterocycles. The SMILES string of the molecule is CCNC(=O)[C@H](Cc1ccccc1)N(Cc1ccc(C)cc1)C(=O)CN(c1cc(Cl)ccc1Cl)S(=O)(=O)c1ccc(C)cc1. The molecule has 0 fully saturated rings. The third-order valence-electron chi connectivity index (χ3n) is 7.16. The monoisotopic (exact) mass is 651 g/mol. The lowest BCUT2D eigenvalue weighted by Crippen LogP contribution is -2.53. The lowest BCUT2D eigenvalue weighted by atomic mass is 10.0. The second kappa shape index (κ2) is 14.8. The molecule has 4 rings (SSSR count). The van der Waals surface area contributed by atoms with E-state index in [0.717, 1.165) is 26.6 Å². The van der Waals surface area contributed by atoms with Gasteiger partial charge in [-0.05, 0) is 62.2 Å². The first-order chi connectivity index (χ1) is 21.0. The van der Waals surface area contributed by atoms with E-state index in [1.807, 2.05) is 68.4 Å². The summed E-state index contributed by atoms with van der Waals surface area (Å²) in [5.74, 6) is -0.921. The van der Waals surface area contributed by atoms with Gasteiger partial charge >= 0.3 is 0 Å². The molecule has 44 heavy (non-hydrogen) atoms. The zero-order valence-corrected chi connectivity index (χ0v) is 27.2. The van der Waals surface area contributed by atoms with E-state index < -0.39 is 28.5 Å². The molecule has 0 aromatic heterocycles. The third-order valence-corrected chi connectivity index (χ3v) is 9.49. The number of nitrogens with one attached hydrogen (secondary N) is 1. The molecular weight excluding hydrogens is 617 g/mol. The normalized spacial score (nSPS) is 11.9. The molecule has 0 saturated carbocycles. The number of sulfonamides is 1. The molecule has 4 aromatic rings. The van der Waals surface area contributed by atoms with E-state index in [1.165, 1.54) is 29.2 Å². The summed E-state index contributed by atoms with van der Waals surface area (Å²) in [5, 5.41) is 3.21. The molecule has 0 aliphatic heterocycles. The number of hydrogen-bond acceptors (Lipinski definition) is 4. The second-order valence-electron chi connectivity index (χ2n) is 10.5. The van der Waals surface area contributed by atoms with Crippen LogP contribution >= 0.6 is 23.2 Å². The van der Waals surface area contributed by atoms with Crippen LogP contribution < -0.4 is 9.62 Å². The van der Waals surface area contributed by atoms with Gasteiger partial charge in [0.15, 0.2) is 0 Å². The molecule has 230 valence electrons. The largest absolute Gasteiger partial charge is 0.355 e. The fourth-order valence-electron chi connectivity index (χ4n) is 4.76. The number of anilines is 1. The molecule has 0 bridgehead atoms. The van der Waals surface area contributed by atoms with Crippen molar-refractivity contribution in [1.29, 1.82) is 0 Å². The predicted molar refractivity (Wildman–Crippen MR) is 177 cm³/mol. The first-order valence-corrected chi connectivity index (χ1v) is 16.4. The average Bonchev–Trinajstić information content (AvgIpc) is 3.00. The molecule has 0 aliphatic rings. The van der Waals surface area contributed by atoms with Gasteiger partial charge < -0.3 is 10.2 Å². The molecule has 4 aromatic carbocycles. The zero-order chi connectivity index (χ0) is 31.9. The van der Waals surface area contributed by atoms with Crippen molar-refractivity contribution < 1.29 is 18.0 Å². The van der Waals surface area contributed by atoms with Crippen LogP contribution in [-0.4, -0.2) is 44.3 Å². The van der Waals surface area contributed by atoms with Gasteiger partial charge in [0.1, 0.15) is 12.6 Å². The number of likely N-dealkylation sites (N-methyl/N-ethyl adjacent to an activating group) is 1. The predicted octanol–water partition coefficient (Wildman–Crippen LogP) is 6.58. The number of nitrogens with zero attached hydrogens (tertiary/aromatic N) is 2. The zero-order valence-electron chi connectivity index (χ0n) is 24.8. The highest BCUT2D eigenvalue weighted by atomic mass is 35.5. The van der Waals surface area contributed by atoms with E-state index in [0.29, 0.717) is 6.54 Å². The van der Waals surface area contributed by atoms with Crippen molar-refractivity contribution in [2.24, 2.45) is 0 Å². The minimum atomic E-state index is -4.29. The van der Waals surface area contributed by atoms with Crippen molar-refractivity contribution in [2.75, 3.05) is 17.4 Å². The van der Waals surface area contributed by atoms with E-state index in [-0.39, 0.29) is 39.5 Å². The molecule has 7 nitrogen and oxygen atoms in total. The smallest absolute Gasteiger partial charge is 0.264 e. The van der Waals surface area contributed by atoms with Crippen molar-refractivity contribution in [3.8, 4) is 0 Å². The number of rotatable bonds is 12. The van der Waals surface area contributed by atoms with Gasteiger partial charge in [-0.25, -0.2) is 8.42 Å². The quantitative estimate of drug-likeness (QED) is 0.187. The van der Waals surface area contributed by atoms with E-state index in [1.54, 1.807) is 25.1 Å². The molecule has 0 aliphatic carbocycles. The molecule has 0 saturated heterocycles. The van der Waals surface area contributed by atoms with Crippen LogP contribution in [0.25, 0.3) is 0 Å². The molecule has 10 heteroatoms. The number of amides is 2. The second-order valence-corrected chi connectivity index (χ2v) is 13.2. The summed E-state index contributed by atoms with van der Waals surface area (Å²) < 4.78 is 29.2. The summed E-state index contributed by atoms with van der Waals surface area (Å²) in [6, 6.07) is 26.9. The van der Waals surface area contributed by atoms with Crippen molar-refractivity contribution in [1.82, 2.24) is 10.2 Å². The number of carbonyl (C=O) groups is 2. The van der Waals surface area contributed by atoms with Crippen LogP contribution in [0.4, 0.5) is 5.69 Å². The standard InChI is InChI=1S/C34H35Cl2N3O4S/c1-4-37-34(41)32(20-26-8-6-5-7-9-26)38(22-27-14-10-24(2)11-15-27)33(40)23-39(31-21-28(35)16-19-30(31)36)44(42,43)29-17-12-25(3)13-18-29/h5-19,21,32H,4,20,22-23H2,1-3H3,(H,37,41)/t32-/m0/s1. The van der Waals surface area contributed by atoms with Crippen molar-refractivity contribution in [2.45, 2.75) is 44.7 Å². The maximum Gasteiger partial charge on any atom is 0.264 e. The van der Waals surface area contributed by atoms with Gasteiger partial charge in [0.2, 0.25) is 11.8 Å². The van der Waals surface area contributed by atoms with Gasteiger partial charge in [0.25, 0.3) is 10.0 Å². The van der Waals surface area contributed by atoms with E-state index >= 15 is 0 Å². The van der Waals surface area contributed by atoms with Crippen LogP contribution in [0.1, 0.15) is 29.2 Å². The van der Waals surface area contributed by atoms with Crippen LogP contribution in [0.3, 0.4) is 0 Å². The lowest BCUT2D eigenvalue weighted by molar-refractivity contribution is -0.140. The van der Waals surface area contributed by atoms with Gasteiger partial charge in [0.05, 0.1) is 15.6 Å². The Morgan fingerprint density at radius 3 is 2.05 bits per heavy atom. The highest BCUT2D eigenvalue weighted by molar-refractivity contribution is 7.92. The van der Waals surface area contributed by atoms with Crippen LogP contribution in [0, 0.1) is 13.8 Å². The number of halogens is 2. The Morgan fingerprint density at radius 2 is 1.43 bits per heavy atom. The first kappa shape index (κ1) is 33.1. The molecular formula is C34H35Cl2N3O4S. The first-order valence-electron chi connectivity index (χ1n) is 14.2. The van der Waals surface area contributed by atoms with E-state index in [4.69, 9.17) is 23.2 Å². The summed E-state index contributed by atoms with van der Waals surface area (Å²) in [6.07, 6.45) is 0.229. The van der Waals surface area contributed by atoms with Gasteiger partial charge in [-0.15, -0.1) is 0 Å². The molecule has 2 amide bonds. The molecule has 0 unspecified atom stereocenters. The van der Waals surface area contributed by atoms with Crippen LogP contribution in [0.5, 0.6) is 0 Å². The van der Waals surface area contributed by atoms with Gasteiger partial charge in [-0.2, -0.15) is 0 Å². The summed E-state index contributed by atoms with van der Waals surface area (Å²) in [4.78, 5) is 29.4. The van der Waals surface area contributed by atoms with Gasteiger partial charge in [0, 0.05) is 24.5 Å². The highest BCUT2D eigenvalue weighted by Gasteiger charge is 2.35. The van der Waals surface area contributed by atoms with Crippen LogP contribution in [0.15, 0.2) is 102 Å². The minimum absolute atomic E-state index is 0.0124. The lowest BCUT2D eigenvalue weighted by Gasteiger charge is -2.34. The van der Waals surface area contributed by atoms with Gasteiger partial charge in [-0.1, -0.05) is 101 Å². The minimum Gasteiger partial charge on any atom is -0.355 e. The molecule has 1 N–H and O–H groups in total. The Labute approximate surface area is 269 Å². The Bertz CT molecular complexity index is 1700. The summed E-state index contributed by atoms with van der Waals surface area (Å²) in [5.41, 5.74) is 3.62. The van der Waals surface area contributed by atoms with E-state index in [9.17, 15) is 18.0 Å². The topological polar surface area (TPSA) is 86.8 Å². The maximum absolute atomic E-state index is 14.4. The Balaban J connectivity index is 1.82. The molecule has 0 spiro atoms. The highest BCUT2D eigenvalue weighted by Crippen LogP contribution is 2.33. The molecule has 1 atom stereocenters. The number of carbonyl (C=O) groups excluding carboxylic acids is 2. The summed E-state index contributed by atoms with van der Waals surface area (Å²) >= 11 is 12.8. The number of hydrogen-bond donors (Lipinski definition) is 1. The number of aryl methyl sites for hydroxylation is 2. The fraction of sp³-hybridized carbons (Fsp3) is 0.235. The fourth-order valence-corrected chi connectivity index (χ4v) is 6.62. The Morgan fingerprint density at radius 1 is 0.818 bits per heavy atom. The maximum atomic E-state index is 14.4. The van der Waals surface area contributed by atoms with Gasteiger partial charge in [-0.3, -0.25) is 13.9 Å². The van der Waals surface area contributed by atoms with Crippen molar-refractivity contribution in [3.05, 3.63) is 129 Å². The van der Waals surface area contributed by atoms with Crippen molar-refractivity contribution >= 4 is 50.7 Å². The van der Waals surface area contributed by atoms with E-state index in [2.05, 4.69) is 5.32 Å². The summed E-state index contributed by atoms with van der Waals surface area (Å²) in [6.45, 7) is 5.44. The average molecular weight is 653 g/mol. The van der Waals surface area contributed by atoms with Crippen LogP contribution in [-0.2, 0) is 32.6 Å². The molecule has 0 radical (unpaired) electrons. The van der Waals surface area contributed by atoms with Crippen LogP contribution in [0.2, 0.25) is 10.0 Å².